The molecule has 1 saturated carbocycles. The Balaban J connectivity index is 1.51. The highest BCUT2D eigenvalue weighted by Gasteiger charge is 2.32. The van der Waals surface area contributed by atoms with Crippen LogP contribution in [0.25, 0.3) is 10.9 Å². The maximum atomic E-state index is 12.6. The number of hydrogen-bond donors (Lipinski definition) is 0. The van der Waals surface area contributed by atoms with Crippen LogP contribution in [-0.2, 0) is 17.8 Å². The summed E-state index contributed by atoms with van der Waals surface area (Å²) in [6.45, 7) is 0.701. The molecule has 0 radical (unpaired) electrons. The summed E-state index contributed by atoms with van der Waals surface area (Å²) in [5, 5.41) is 4.67. The Morgan fingerprint density at radius 3 is 2.85 bits per heavy atom. The molecule has 7 nitrogen and oxygen atoms in total. The van der Waals surface area contributed by atoms with E-state index in [2.05, 4.69) is 10.1 Å². The van der Waals surface area contributed by atoms with Gasteiger partial charge in [-0.1, -0.05) is 23.4 Å². The topological polar surface area (TPSA) is 81.2 Å². The van der Waals surface area contributed by atoms with Gasteiger partial charge in [-0.15, -0.1) is 0 Å². The lowest BCUT2D eigenvalue weighted by Crippen LogP contribution is -2.32. The van der Waals surface area contributed by atoms with Gasteiger partial charge in [-0.3, -0.25) is 9.59 Å². The largest absolute Gasteiger partial charge is 0.344 e. The van der Waals surface area contributed by atoms with Gasteiger partial charge in [0, 0.05) is 48.6 Å². The first-order valence-corrected chi connectivity index (χ1v) is 8.75. The molecule has 1 amide bonds. The SMILES string of the molecule is CN(CCc1ncon1)C(=O)Cn1cc(C(=O)C2CC2)c2ccccc21. The van der Waals surface area contributed by atoms with Gasteiger partial charge in [-0.25, -0.2) is 0 Å². The van der Waals surface area contributed by atoms with E-state index in [1.54, 1.807) is 11.9 Å². The second kappa shape index (κ2) is 6.74. The lowest BCUT2D eigenvalue weighted by molar-refractivity contribution is -0.130. The lowest BCUT2D eigenvalue weighted by atomic mass is 10.1. The third kappa shape index (κ3) is 3.24. The zero-order chi connectivity index (χ0) is 18.1. The van der Waals surface area contributed by atoms with Crippen LogP contribution in [0.15, 0.2) is 41.4 Å². The van der Waals surface area contributed by atoms with Crippen LogP contribution in [0.4, 0.5) is 0 Å². The van der Waals surface area contributed by atoms with Gasteiger partial charge in [-0.05, 0) is 18.9 Å². The minimum atomic E-state index is -0.0281. The van der Waals surface area contributed by atoms with Crippen molar-refractivity contribution in [2.24, 2.45) is 5.92 Å². The first kappa shape index (κ1) is 16.5. The predicted octanol–water partition coefficient (Wildman–Crippen LogP) is 2.32. The summed E-state index contributed by atoms with van der Waals surface area (Å²) in [6.07, 6.45) is 5.58. The van der Waals surface area contributed by atoms with Crippen LogP contribution in [-0.4, -0.2) is 44.9 Å². The third-order valence-corrected chi connectivity index (χ3v) is 4.81. The van der Waals surface area contributed by atoms with E-state index in [9.17, 15) is 9.59 Å². The van der Waals surface area contributed by atoms with E-state index >= 15 is 0 Å². The molecule has 1 fully saturated rings. The molecule has 26 heavy (non-hydrogen) atoms. The van der Waals surface area contributed by atoms with Crippen LogP contribution in [0, 0.1) is 5.92 Å². The molecule has 134 valence electrons. The Morgan fingerprint density at radius 2 is 2.12 bits per heavy atom. The summed E-state index contributed by atoms with van der Waals surface area (Å²) < 4.78 is 6.57. The summed E-state index contributed by atoms with van der Waals surface area (Å²) in [5.41, 5.74) is 1.64. The number of ketones is 1. The number of aromatic nitrogens is 3. The van der Waals surface area contributed by atoms with Gasteiger partial charge in [0.05, 0.1) is 0 Å². The van der Waals surface area contributed by atoms with Crippen molar-refractivity contribution in [1.82, 2.24) is 19.6 Å². The fourth-order valence-corrected chi connectivity index (χ4v) is 3.10. The van der Waals surface area contributed by atoms with Gasteiger partial charge < -0.3 is 14.0 Å². The van der Waals surface area contributed by atoms with E-state index in [1.165, 1.54) is 6.39 Å². The Hall–Kier alpha value is -2.96. The molecular formula is C19H20N4O3. The number of rotatable bonds is 7. The molecule has 3 aromatic rings. The van der Waals surface area contributed by atoms with Crippen LogP contribution in [0.3, 0.4) is 0 Å². The molecule has 2 aromatic heterocycles. The average Bonchev–Trinajstić information content (AvgIpc) is 3.26. The molecule has 0 aliphatic heterocycles. The molecule has 0 spiro atoms. The summed E-state index contributed by atoms with van der Waals surface area (Å²) in [4.78, 5) is 30.8. The van der Waals surface area contributed by atoms with Crippen molar-refractivity contribution >= 4 is 22.6 Å². The van der Waals surface area contributed by atoms with Crippen molar-refractivity contribution < 1.29 is 14.1 Å². The van der Waals surface area contributed by atoms with Gasteiger partial charge in [0.25, 0.3) is 0 Å². The number of nitrogens with zero attached hydrogens (tertiary/aromatic N) is 4. The molecule has 1 aliphatic rings. The number of para-hydroxylation sites is 1. The fraction of sp³-hybridized carbons (Fsp3) is 0.368. The zero-order valence-electron chi connectivity index (χ0n) is 14.6. The minimum absolute atomic E-state index is 0.0281. The Morgan fingerprint density at radius 1 is 1.31 bits per heavy atom. The van der Waals surface area contributed by atoms with E-state index in [-0.39, 0.29) is 24.2 Å². The smallest absolute Gasteiger partial charge is 0.242 e. The van der Waals surface area contributed by atoms with Gasteiger partial charge >= 0.3 is 0 Å². The Labute approximate surface area is 150 Å². The van der Waals surface area contributed by atoms with Gasteiger partial charge in [0.15, 0.2) is 11.6 Å². The number of amides is 1. The number of hydrogen-bond acceptors (Lipinski definition) is 5. The highest BCUT2D eigenvalue weighted by Crippen LogP contribution is 2.35. The quantitative estimate of drug-likeness (QED) is 0.610. The molecule has 0 N–H and O–H groups in total. The first-order chi connectivity index (χ1) is 12.6. The van der Waals surface area contributed by atoms with Crippen LogP contribution in [0.1, 0.15) is 29.0 Å². The monoisotopic (exact) mass is 352 g/mol. The Kier molecular flexibility index (Phi) is 4.28. The number of carbonyl (C=O) groups excluding carboxylic acids is 2. The molecule has 1 aliphatic carbocycles. The van der Waals surface area contributed by atoms with E-state index in [0.717, 1.165) is 29.3 Å². The van der Waals surface area contributed by atoms with Crippen molar-refractivity contribution in [2.75, 3.05) is 13.6 Å². The first-order valence-electron chi connectivity index (χ1n) is 8.75. The summed E-state index contributed by atoms with van der Waals surface area (Å²) >= 11 is 0. The number of likely N-dealkylation sites (N-methyl/N-ethyl adjacent to an activating group) is 1. The van der Waals surface area contributed by atoms with Crippen molar-refractivity contribution in [3.05, 3.63) is 48.2 Å². The van der Waals surface area contributed by atoms with Crippen molar-refractivity contribution in [2.45, 2.75) is 25.8 Å². The summed E-state index contributed by atoms with van der Waals surface area (Å²) in [5.74, 6) is 0.897. The maximum Gasteiger partial charge on any atom is 0.242 e. The second-order valence-electron chi connectivity index (χ2n) is 6.74. The summed E-state index contributed by atoms with van der Waals surface area (Å²) in [7, 11) is 1.75. The van der Waals surface area contributed by atoms with Crippen LogP contribution < -0.4 is 0 Å². The predicted molar refractivity (Wildman–Crippen MR) is 94.6 cm³/mol. The zero-order valence-corrected chi connectivity index (χ0v) is 14.6. The van der Waals surface area contributed by atoms with Gasteiger partial charge in [-0.2, -0.15) is 4.98 Å². The Bertz CT molecular complexity index is 941. The van der Waals surface area contributed by atoms with E-state index in [1.807, 2.05) is 35.0 Å². The number of fused-ring (bicyclic) bond motifs is 1. The van der Waals surface area contributed by atoms with Crippen molar-refractivity contribution in [1.29, 1.82) is 0 Å². The molecule has 0 saturated heterocycles. The summed E-state index contributed by atoms with van der Waals surface area (Å²) in [6, 6.07) is 7.75. The molecule has 0 atom stereocenters. The van der Waals surface area contributed by atoms with Crippen molar-refractivity contribution in [3.8, 4) is 0 Å². The fourth-order valence-electron chi connectivity index (χ4n) is 3.10. The van der Waals surface area contributed by atoms with Gasteiger partial charge in [0.2, 0.25) is 12.3 Å². The lowest BCUT2D eigenvalue weighted by Gasteiger charge is -2.17. The van der Waals surface area contributed by atoms with E-state index in [4.69, 9.17) is 4.52 Å². The highest BCUT2D eigenvalue weighted by atomic mass is 16.5. The van der Waals surface area contributed by atoms with Gasteiger partial charge in [0.1, 0.15) is 6.54 Å². The van der Waals surface area contributed by atoms with Crippen LogP contribution in [0.5, 0.6) is 0 Å². The highest BCUT2D eigenvalue weighted by molar-refractivity contribution is 6.10. The maximum absolute atomic E-state index is 12.6. The van der Waals surface area contributed by atoms with E-state index in [0.29, 0.717) is 18.8 Å². The number of benzene rings is 1. The molecule has 4 rings (SSSR count). The normalized spacial score (nSPS) is 13.9. The number of Topliss-reactive ketones (excluding diaryl/α,β-unsaturated/α-hetero) is 1. The number of carbonyl (C=O) groups is 2. The molecule has 1 aromatic carbocycles. The second-order valence-corrected chi connectivity index (χ2v) is 6.74. The van der Waals surface area contributed by atoms with Crippen LogP contribution >= 0.6 is 0 Å². The van der Waals surface area contributed by atoms with Crippen LogP contribution in [0.2, 0.25) is 0 Å². The van der Waals surface area contributed by atoms with Crippen molar-refractivity contribution in [3.63, 3.8) is 0 Å². The third-order valence-electron chi connectivity index (χ3n) is 4.81. The molecule has 0 unspecified atom stereocenters. The molecule has 0 bridgehead atoms. The molecule has 7 heteroatoms. The minimum Gasteiger partial charge on any atom is -0.344 e. The molecule has 2 heterocycles. The average molecular weight is 352 g/mol. The molecular weight excluding hydrogens is 332 g/mol. The van der Waals surface area contributed by atoms with E-state index < -0.39 is 0 Å². The standard InChI is InChI=1S/C19H20N4O3/c1-22(9-8-17-20-12-26-21-17)18(24)11-23-10-15(19(25)13-6-7-13)14-4-2-3-5-16(14)23/h2-5,10,12-13H,6-9,11H2,1H3.